The Morgan fingerprint density at radius 3 is 2.59 bits per heavy atom. The maximum absolute atomic E-state index is 13.4. The number of allylic oxidation sites excluding steroid dienone is 1. The van der Waals surface area contributed by atoms with Crippen molar-refractivity contribution in [3.8, 4) is 6.07 Å². The molecule has 6 nitrogen and oxygen atoms in total. The van der Waals surface area contributed by atoms with Crippen LogP contribution in [0.4, 0.5) is 27.6 Å². The molecule has 2 N–H and O–H groups in total. The van der Waals surface area contributed by atoms with Gasteiger partial charge in [-0.2, -0.15) is 23.6 Å². The number of benzene rings is 1. The Balaban J connectivity index is 2.44. The van der Waals surface area contributed by atoms with Crippen molar-refractivity contribution < 1.29 is 22.0 Å². The first-order chi connectivity index (χ1) is 10.3. The molecule has 1 aromatic carbocycles. The molecule has 1 aromatic heterocycles. The second-order valence-electron chi connectivity index (χ2n) is 3.86. The zero-order valence-electron chi connectivity index (χ0n) is 10.4. The van der Waals surface area contributed by atoms with E-state index in [0.717, 1.165) is 6.20 Å². The van der Waals surface area contributed by atoms with Gasteiger partial charge in [-0.15, -0.1) is 10.2 Å². The predicted molar refractivity (Wildman–Crippen MR) is 62.8 cm³/mol. The fourth-order valence-electron chi connectivity index (χ4n) is 1.55. The Labute approximate surface area is 119 Å². The highest BCUT2D eigenvalue weighted by Gasteiger charge is 2.37. The van der Waals surface area contributed by atoms with Crippen LogP contribution in [0.2, 0.25) is 0 Å². The Kier molecular flexibility index (Phi) is 4.02. The minimum absolute atomic E-state index is 0.113. The summed E-state index contributed by atoms with van der Waals surface area (Å²) >= 11 is 0. The van der Waals surface area contributed by atoms with Crippen LogP contribution in [-0.4, -0.2) is 20.6 Å². The topological polar surface area (TPSA) is 90.3 Å². The monoisotopic (exact) mass is 316 g/mol. The number of anilines is 1. The summed E-state index contributed by atoms with van der Waals surface area (Å²) in [5.74, 6) is -3.18. The van der Waals surface area contributed by atoms with Gasteiger partial charge in [-0.05, 0) is 11.3 Å². The number of alkyl halides is 3. The van der Waals surface area contributed by atoms with Gasteiger partial charge in [-0.1, -0.05) is 0 Å². The largest absolute Gasteiger partial charge is 0.421 e. The summed E-state index contributed by atoms with van der Waals surface area (Å²) in [4.78, 5) is 0. The first-order valence-corrected chi connectivity index (χ1v) is 5.49. The van der Waals surface area contributed by atoms with Crippen LogP contribution in [0.3, 0.4) is 0 Å². The van der Waals surface area contributed by atoms with Crippen molar-refractivity contribution in [2.75, 3.05) is 5.32 Å². The van der Waals surface area contributed by atoms with Gasteiger partial charge in [0.05, 0.1) is 5.69 Å². The number of hydrogen-bond acceptors (Lipinski definition) is 5. The van der Waals surface area contributed by atoms with E-state index in [1.165, 1.54) is 0 Å². The first kappa shape index (κ1) is 15.4. The molecule has 0 fully saturated rings. The molecule has 0 amide bonds. The third-order valence-corrected chi connectivity index (χ3v) is 2.42. The average Bonchev–Trinajstić information content (AvgIpc) is 2.90. The van der Waals surface area contributed by atoms with E-state index in [9.17, 15) is 22.0 Å². The van der Waals surface area contributed by atoms with Gasteiger partial charge in [0.2, 0.25) is 5.82 Å². The van der Waals surface area contributed by atoms with Crippen LogP contribution in [-0.2, 0) is 6.18 Å². The zero-order valence-corrected chi connectivity index (χ0v) is 10.4. The lowest BCUT2D eigenvalue weighted by atomic mass is 10.1. The van der Waals surface area contributed by atoms with Crippen LogP contribution >= 0.6 is 0 Å². The van der Waals surface area contributed by atoms with Gasteiger partial charge in [0, 0.05) is 12.3 Å². The minimum Gasteiger partial charge on any atom is -0.360 e. The summed E-state index contributed by atoms with van der Waals surface area (Å²) < 4.78 is 64.8. The van der Waals surface area contributed by atoms with Gasteiger partial charge in [0.15, 0.2) is 0 Å². The number of H-pyrrole nitrogens is 1. The van der Waals surface area contributed by atoms with Crippen molar-refractivity contribution in [1.29, 1.82) is 5.26 Å². The van der Waals surface area contributed by atoms with E-state index in [-0.39, 0.29) is 17.5 Å². The molecule has 0 atom stereocenters. The molecule has 2 aromatic rings. The number of rotatable bonds is 3. The van der Waals surface area contributed by atoms with Crippen LogP contribution in [0.15, 0.2) is 18.3 Å². The number of nitrogens with one attached hydrogen (secondary N) is 2. The molecule has 0 radical (unpaired) electrons. The molecule has 0 aliphatic carbocycles. The number of nitrogens with zero attached hydrogens (tertiary/aromatic N) is 4. The van der Waals surface area contributed by atoms with Gasteiger partial charge in [-0.3, -0.25) is 0 Å². The maximum atomic E-state index is 13.4. The van der Waals surface area contributed by atoms with Crippen LogP contribution in [0.25, 0.3) is 5.57 Å². The Hall–Kier alpha value is -3.03. The summed E-state index contributed by atoms with van der Waals surface area (Å²) in [7, 11) is 0. The fourth-order valence-corrected chi connectivity index (χ4v) is 1.55. The quantitative estimate of drug-likeness (QED) is 0.670. The predicted octanol–water partition coefficient (Wildman–Crippen LogP) is 2.47. The molecule has 0 saturated carbocycles. The van der Waals surface area contributed by atoms with Crippen molar-refractivity contribution in [3.63, 3.8) is 0 Å². The molecule has 1 heterocycles. The standard InChI is InChI=1S/C11H5F5N6/c12-6-1-7(13)9(11(14,15)16)8(2-6)18-4-5(3-17)10-19-21-22-20-10/h1-2,4,18H,(H,19,20,21,22). The van der Waals surface area contributed by atoms with Crippen molar-refractivity contribution in [3.05, 3.63) is 41.4 Å². The number of aromatic amines is 1. The molecule has 114 valence electrons. The second-order valence-corrected chi connectivity index (χ2v) is 3.86. The van der Waals surface area contributed by atoms with E-state index in [0.29, 0.717) is 6.07 Å². The smallest absolute Gasteiger partial charge is 0.360 e. The number of hydrogen-bond donors (Lipinski definition) is 2. The van der Waals surface area contributed by atoms with Gasteiger partial charge in [-0.25, -0.2) is 8.78 Å². The van der Waals surface area contributed by atoms with Gasteiger partial charge >= 0.3 is 6.18 Å². The van der Waals surface area contributed by atoms with Crippen LogP contribution in [0.5, 0.6) is 0 Å². The van der Waals surface area contributed by atoms with Gasteiger partial charge in [0.25, 0.3) is 0 Å². The molecule has 22 heavy (non-hydrogen) atoms. The van der Waals surface area contributed by atoms with Gasteiger partial charge < -0.3 is 5.32 Å². The number of aromatic nitrogens is 4. The molecule has 11 heteroatoms. The lowest BCUT2D eigenvalue weighted by Gasteiger charge is -2.13. The maximum Gasteiger partial charge on any atom is 0.421 e. The molecular weight excluding hydrogens is 311 g/mol. The number of tetrazole rings is 1. The number of nitriles is 1. The molecule has 0 unspecified atom stereocenters. The fraction of sp³-hybridized carbons (Fsp3) is 0.0909. The minimum atomic E-state index is -5.05. The van der Waals surface area contributed by atoms with Crippen LogP contribution < -0.4 is 5.32 Å². The van der Waals surface area contributed by atoms with E-state index in [1.807, 2.05) is 5.32 Å². The van der Waals surface area contributed by atoms with Crippen molar-refractivity contribution >= 4 is 11.3 Å². The van der Waals surface area contributed by atoms with Crippen LogP contribution in [0.1, 0.15) is 11.4 Å². The van der Waals surface area contributed by atoms with E-state index < -0.39 is 29.1 Å². The number of halogens is 5. The van der Waals surface area contributed by atoms with Crippen molar-refractivity contribution in [2.45, 2.75) is 6.18 Å². The molecule has 0 aliphatic heterocycles. The highest BCUT2D eigenvalue weighted by atomic mass is 19.4. The summed E-state index contributed by atoms with van der Waals surface area (Å²) in [6.07, 6.45) is -4.26. The van der Waals surface area contributed by atoms with E-state index in [2.05, 4.69) is 20.6 Å². The van der Waals surface area contributed by atoms with Gasteiger partial charge in [0.1, 0.15) is 28.8 Å². The normalized spacial score (nSPS) is 12.1. The van der Waals surface area contributed by atoms with Crippen LogP contribution in [0, 0.1) is 23.0 Å². The van der Waals surface area contributed by atoms with Crippen molar-refractivity contribution in [2.24, 2.45) is 0 Å². The summed E-state index contributed by atoms with van der Waals surface area (Å²) in [5, 5.41) is 23.0. The Morgan fingerprint density at radius 2 is 2.05 bits per heavy atom. The highest BCUT2D eigenvalue weighted by molar-refractivity contribution is 5.74. The molecular formula is C11H5F5N6. The lowest BCUT2D eigenvalue weighted by molar-refractivity contribution is -0.139. The molecule has 0 saturated heterocycles. The third-order valence-electron chi connectivity index (χ3n) is 2.42. The average molecular weight is 316 g/mol. The first-order valence-electron chi connectivity index (χ1n) is 5.49. The van der Waals surface area contributed by atoms with Crippen molar-refractivity contribution in [1.82, 2.24) is 20.6 Å². The van der Waals surface area contributed by atoms with E-state index in [1.54, 1.807) is 6.07 Å². The third kappa shape index (κ3) is 3.17. The summed E-state index contributed by atoms with van der Waals surface area (Å²) in [5.41, 5.74) is -2.86. The summed E-state index contributed by atoms with van der Waals surface area (Å²) in [6, 6.07) is 2.17. The SMILES string of the molecule is N#CC(=CNc1cc(F)cc(F)c1C(F)(F)F)c1nn[nH]n1. The zero-order chi connectivity index (χ0) is 16.3. The Bertz CT molecular complexity index is 744. The molecule has 0 aliphatic rings. The van der Waals surface area contributed by atoms with E-state index >= 15 is 0 Å². The van der Waals surface area contributed by atoms with E-state index in [4.69, 9.17) is 5.26 Å². The molecule has 0 spiro atoms. The Morgan fingerprint density at radius 1 is 1.32 bits per heavy atom. The highest BCUT2D eigenvalue weighted by Crippen LogP contribution is 2.37. The molecule has 0 bridgehead atoms. The summed E-state index contributed by atoms with van der Waals surface area (Å²) in [6.45, 7) is 0. The lowest BCUT2D eigenvalue weighted by Crippen LogP contribution is -2.12. The second kappa shape index (κ2) is 5.76. The molecule has 2 rings (SSSR count).